The van der Waals surface area contributed by atoms with Crippen LogP contribution in [0, 0.1) is 0 Å². The summed E-state index contributed by atoms with van der Waals surface area (Å²) in [6.45, 7) is 2.26. The molecule has 27 heavy (non-hydrogen) atoms. The first-order chi connectivity index (χ1) is 13.1. The maximum atomic E-state index is 12.7. The van der Waals surface area contributed by atoms with Crippen LogP contribution in [0.3, 0.4) is 0 Å². The number of aromatic amines is 1. The minimum Gasteiger partial charge on any atom is -0.504 e. The number of hydrogen-bond acceptors (Lipinski definition) is 5. The smallest absolute Gasteiger partial charge is 0.298 e. The van der Waals surface area contributed by atoms with E-state index in [4.69, 9.17) is 16.3 Å². The Morgan fingerprint density at radius 3 is 3.00 bits per heavy atom. The number of H-pyrrole nitrogens is 1. The van der Waals surface area contributed by atoms with Crippen molar-refractivity contribution in [3.8, 4) is 11.5 Å². The van der Waals surface area contributed by atoms with Gasteiger partial charge in [-0.25, -0.2) is 4.98 Å². The molecule has 0 radical (unpaired) electrons. The van der Waals surface area contributed by atoms with E-state index < -0.39 is 0 Å². The Morgan fingerprint density at radius 2 is 2.19 bits per heavy atom. The lowest BCUT2D eigenvalue weighted by molar-refractivity contribution is 0.318. The summed E-state index contributed by atoms with van der Waals surface area (Å²) in [6.07, 6.45) is 2.86. The predicted octanol–water partition coefficient (Wildman–Crippen LogP) is 3.52. The molecule has 0 fully saturated rings. The number of phenols is 1. The highest BCUT2D eigenvalue weighted by Gasteiger charge is 2.11. The summed E-state index contributed by atoms with van der Waals surface area (Å²) in [5, 5.41) is 15.3. The molecule has 0 aliphatic rings. The molecule has 2 aromatic heterocycles. The first-order valence-electron chi connectivity index (χ1n) is 8.25. The van der Waals surface area contributed by atoms with Crippen LogP contribution >= 0.6 is 11.6 Å². The van der Waals surface area contributed by atoms with Crippen LogP contribution in [0.2, 0.25) is 5.02 Å². The van der Waals surface area contributed by atoms with Crippen LogP contribution in [-0.4, -0.2) is 32.6 Å². The van der Waals surface area contributed by atoms with Gasteiger partial charge >= 0.3 is 0 Å². The maximum absolute atomic E-state index is 12.7. The summed E-state index contributed by atoms with van der Waals surface area (Å²) in [7, 11) is 0. The minimum absolute atomic E-state index is 0.0472. The zero-order chi connectivity index (χ0) is 19.0. The minimum atomic E-state index is -0.326. The molecule has 0 unspecified atom stereocenters. The number of rotatable bonds is 4. The Labute approximate surface area is 158 Å². The molecule has 136 valence electrons. The molecule has 0 aliphatic heterocycles. The van der Waals surface area contributed by atoms with E-state index in [0.29, 0.717) is 34.0 Å². The second-order valence-corrected chi connectivity index (χ2v) is 6.27. The molecule has 0 atom stereocenters. The van der Waals surface area contributed by atoms with Crippen molar-refractivity contribution in [3.63, 3.8) is 0 Å². The Morgan fingerprint density at radius 1 is 1.33 bits per heavy atom. The summed E-state index contributed by atoms with van der Waals surface area (Å²) >= 11 is 6.03. The topological polar surface area (TPSA) is 92.5 Å². The molecule has 2 N–H and O–H groups in total. The molecule has 0 saturated heterocycles. The SMILES string of the molecule is CCOc1cc(C=Nn2cnc3c([nH]c4ccc(Cl)cc43)c2=O)ccc1O. The number of aromatic hydroxyl groups is 1. The van der Waals surface area contributed by atoms with Crippen molar-refractivity contribution in [2.45, 2.75) is 6.92 Å². The summed E-state index contributed by atoms with van der Waals surface area (Å²) < 4.78 is 6.49. The Bertz CT molecular complexity index is 1240. The standard InChI is InChI=1S/C19H15ClN4O3/c1-2-27-16-7-11(3-6-15(16)25)9-22-24-10-21-17-13-8-12(20)4-5-14(13)23-18(17)19(24)26/h3-10,23,25H,2H2,1H3. The Balaban J connectivity index is 1.75. The molecular weight excluding hydrogens is 368 g/mol. The van der Waals surface area contributed by atoms with E-state index >= 15 is 0 Å². The lowest BCUT2D eigenvalue weighted by Crippen LogP contribution is -2.17. The van der Waals surface area contributed by atoms with E-state index in [2.05, 4.69) is 15.1 Å². The van der Waals surface area contributed by atoms with Crippen molar-refractivity contribution in [3.05, 3.63) is 63.7 Å². The second kappa shape index (κ2) is 6.77. The van der Waals surface area contributed by atoms with Gasteiger partial charge in [0, 0.05) is 15.9 Å². The average Bonchev–Trinajstić information content (AvgIpc) is 3.02. The van der Waals surface area contributed by atoms with E-state index in [1.54, 1.807) is 30.3 Å². The summed E-state index contributed by atoms with van der Waals surface area (Å²) in [6, 6.07) is 10.1. The number of fused-ring (bicyclic) bond motifs is 3. The molecule has 7 nitrogen and oxygen atoms in total. The summed E-state index contributed by atoms with van der Waals surface area (Å²) in [5.41, 5.74) is 2.03. The van der Waals surface area contributed by atoms with Gasteiger partial charge in [0.1, 0.15) is 17.4 Å². The lowest BCUT2D eigenvalue weighted by atomic mass is 10.2. The zero-order valence-corrected chi connectivity index (χ0v) is 15.1. The molecule has 2 heterocycles. The normalized spacial score (nSPS) is 11.6. The molecule has 8 heteroatoms. The molecule has 2 aromatic carbocycles. The van der Waals surface area contributed by atoms with Crippen LogP contribution in [-0.2, 0) is 0 Å². The number of nitrogens with zero attached hydrogens (tertiary/aromatic N) is 3. The third-order valence-electron chi connectivity index (χ3n) is 4.07. The highest BCUT2D eigenvalue weighted by Crippen LogP contribution is 2.26. The van der Waals surface area contributed by atoms with Gasteiger partial charge < -0.3 is 14.8 Å². The van der Waals surface area contributed by atoms with Gasteiger partial charge in [0.05, 0.1) is 12.8 Å². The van der Waals surface area contributed by atoms with Crippen LogP contribution in [0.1, 0.15) is 12.5 Å². The first kappa shape index (κ1) is 17.1. The number of hydrogen-bond donors (Lipinski definition) is 2. The van der Waals surface area contributed by atoms with Crippen molar-refractivity contribution in [2.24, 2.45) is 5.10 Å². The van der Waals surface area contributed by atoms with Gasteiger partial charge in [0.2, 0.25) is 0 Å². The van der Waals surface area contributed by atoms with E-state index in [0.717, 1.165) is 15.6 Å². The van der Waals surface area contributed by atoms with Crippen molar-refractivity contribution in [1.29, 1.82) is 0 Å². The predicted molar refractivity (Wildman–Crippen MR) is 105 cm³/mol. The van der Waals surface area contributed by atoms with Crippen LogP contribution in [0.15, 0.2) is 52.6 Å². The first-order valence-corrected chi connectivity index (χ1v) is 8.63. The van der Waals surface area contributed by atoms with Crippen LogP contribution in [0.5, 0.6) is 11.5 Å². The molecular formula is C19H15ClN4O3. The van der Waals surface area contributed by atoms with Gasteiger partial charge in [-0.15, -0.1) is 0 Å². The van der Waals surface area contributed by atoms with Crippen LogP contribution < -0.4 is 10.3 Å². The molecule has 4 aromatic rings. The molecule has 0 amide bonds. The fourth-order valence-electron chi connectivity index (χ4n) is 2.81. The monoisotopic (exact) mass is 382 g/mol. The van der Waals surface area contributed by atoms with Crippen LogP contribution in [0.4, 0.5) is 0 Å². The van der Waals surface area contributed by atoms with E-state index in [1.807, 2.05) is 6.92 Å². The number of nitrogens with one attached hydrogen (secondary N) is 1. The third-order valence-corrected chi connectivity index (χ3v) is 4.30. The number of ether oxygens (including phenoxy) is 1. The Kier molecular flexibility index (Phi) is 4.29. The average molecular weight is 383 g/mol. The lowest BCUT2D eigenvalue weighted by Gasteiger charge is -2.06. The van der Waals surface area contributed by atoms with Crippen molar-refractivity contribution in [1.82, 2.24) is 14.6 Å². The molecule has 0 bridgehead atoms. The fourth-order valence-corrected chi connectivity index (χ4v) is 2.98. The largest absolute Gasteiger partial charge is 0.504 e. The number of phenolic OH excluding ortho intramolecular Hbond substituents is 1. The second-order valence-electron chi connectivity index (χ2n) is 5.84. The highest BCUT2D eigenvalue weighted by atomic mass is 35.5. The van der Waals surface area contributed by atoms with Crippen molar-refractivity contribution >= 4 is 39.8 Å². The zero-order valence-electron chi connectivity index (χ0n) is 14.3. The van der Waals surface area contributed by atoms with Gasteiger partial charge in [-0.2, -0.15) is 9.78 Å². The molecule has 4 rings (SSSR count). The molecule has 0 aliphatic carbocycles. The van der Waals surface area contributed by atoms with Crippen molar-refractivity contribution < 1.29 is 9.84 Å². The number of aromatic nitrogens is 3. The van der Waals surface area contributed by atoms with E-state index in [9.17, 15) is 9.90 Å². The van der Waals surface area contributed by atoms with E-state index in [-0.39, 0.29) is 11.3 Å². The molecule has 0 saturated carbocycles. The number of benzene rings is 2. The van der Waals surface area contributed by atoms with Gasteiger partial charge in [-0.05, 0) is 48.9 Å². The quantitative estimate of drug-likeness (QED) is 0.528. The highest BCUT2D eigenvalue weighted by molar-refractivity contribution is 6.31. The summed E-state index contributed by atoms with van der Waals surface area (Å²) in [4.78, 5) is 20.1. The van der Waals surface area contributed by atoms with Gasteiger partial charge in [0.25, 0.3) is 5.56 Å². The van der Waals surface area contributed by atoms with E-state index in [1.165, 1.54) is 18.6 Å². The van der Waals surface area contributed by atoms with Gasteiger partial charge in [-0.1, -0.05) is 11.6 Å². The molecule has 0 spiro atoms. The van der Waals surface area contributed by atoms with Gasteiger partial charge in [0.15, 0.2) is 11.5 Å². The van der Waals surface area contributed by atoms with Crippen LogP contribution in [0.25, 0.3) is 21.9 Å². The third kappa shape index (κ3) is 3.13. The van der Waals surface area contributed by atoms with Gasteiger partial charge in [-0.3, -0.25) is 4.79 Å². The number of halogens is 1. The fraction of sp³-hybridized carbons (Fsp3) is 0.105. The summed E-state index contributed by atoms with van der Waals surface area (Å²) in [5.74, 6) is 0.404. The maximum Gasteiger partial charge on any atom is 0.298 e. The Hall–Kier alpha value is -3.32. The van der Waals surface area contributed by atoms with Crippen molar-refractivity contribution in [2.75, 3.05) is 6.61 Å².